The first-order chi connectivity index (χ1) is 19.3. The summed E-state index contributed by atoms with van der Waals surface area (Å²) in [5, 5.41) is 18.7. The van der Waals surface area contributed by atoms with Crippen LogP contribution in [0.2, 0.25) is 5.02 Å². The second-order valence-corrected chi connectivity index (χ2v) is 10.8. The second kappa shape index (κ2) is 9.92. The Labute approximate surface area is 236 Å². The van der Waals surface area contributed by atoms with Crippen molar-refractivity contribution < 1.29 is 9.59 Å². The molecule has 10 nitrogen and oxygen atoms in total. The summed E-state index contributed by atoms with van der Waals surface area (Å²) in [5.41, 5.74) is 4.72. The van der Waals surface area contributed by atoms with Crippen molar-refractivity contribution >= 4 is 23.4 Å². The Bertz CT molecular complexity index is 1650. The van der Waals surface area contributed by atoms with Gasteiger partial charge in [0.1, 0.15) is 24.4 Å². The number of nitriles is 1. The standard InChI is InChI=1S/C29H27ClN8O2/c1-17-10-26-24(14-35(17)28(39)21-6-9-25(30)22(11-21)12-31)27-29(40)36(13-18(2)38(27)34-26)19(3)20-4-7-23(8-5-20)37-16-32-15-33-37/h4-9,11,15-19H,10,13-14H2,1-3H3/t17-,18-,19+/m1/s1. The van der Waals surface area contributed by atoms with E-state index in [1.165, 1.54) is 12.4 Å². The zero-order chi connectivity index (χ0) is 28.1. The molecular weight excluding hydrogens is 528 g/mol. The Balaban J connectivity index is 1.29. The number of aromatic nitrogens is 5. The van der Waals surface area contributed by atoms with Crippen LogP contribution in [0.1, 0.15) is 76.1 Å². The highest BCUT2D eigenvalue weighted by Gasteiger charge is 2.40. The van der Waals surface area contributed by atoms with E-state index in [0.717, 1.165) is 22.5 Å². The molecule has 0 radical (unpaired) electrons. The van der Waals surface area contributed by atoms with Crippen LogP contribution in [-0.2, 0) is 13.0 Å². The number of benzene rings is 2. The topological polar surface area (TPSA) is 113 Å². The zero-order valence-corrected chi connectivity index (χ0v) is 23.1. The number of amides is 2. The summed E-state index contributed by atoms with van der Waals surface area (Å²) < 4.78 is 3.52. The van der Waals surface area contributed by atoms with Gasteiger partial charge >= 0.3 is 0 Å². The molecule has 0 saturated heterocycles. The van der Waals surface area contributed by atoms with E-state index in [0.29, 0.717) is 29.2 Å². The minimum atomic E-state index is -0.208. The van der Waals surface area contributed by atoms with Crippen LogP contribution in [0.25, 0.3) is 5.69 Å². The van der Waals surface area contributed by atoms with Gasteiger partial charge in [-0.1, -0.05) is 23.7 Å². The predicted octanol–water partition coefficient (Wildman–Crippen LogP) is 4.35. The first-order valence-electron chi connectivity index (χ1n) is 13.1. The Morgan fingerprint density at radius 2 is 1.93 bits per heavy atom. The van der Waals surface area contributed by atoms with Gasteiger partial charge in [-0.15, -0.1) is 0 Å². The van der Waals surface area contributed by atoms with Gasteiger partial charge in [0.2, 0.25) is 0 Å². The van der Waals surface area contributed by atoms with Gasteiger partial charge in [-0.3, -0.25) is 14.3 Å². The predicted molar refractivity (Wildman–Crippen MR) is 147 cm³/mol. The fraction of sp³-hybridized carbons (Fsp3) is 0.310. The van der Waals surface area contributed by atoms with Gasteiger partial charge in [-0.05, 0) is 56.7 Å². The van der Waals surface area contributed by atoms with E-state index in [1.807, 2.05) is 53.8 Å². The highest BCUT2D eigenvalue weighted by Crippen LogP contribution is 2.35. The van der Waals surface area contributed by atoms with E-state index in [2.05, 4.69) is 17.0 Å². The van der Waals surface area contributed by atoms with Gasteiger partial charge < -0.3 is 9.80 Å². The van der Waals surface area contributed by atoms with Crippen molar-refractivity contribution in [1.29, 1.82) is 5.26 Å². The van der Waals surface area contributed by atoms with Crippen LogP contribution in [0.3, 0.4) is 0 Å². The second-order valence-electron chi connectivity index (χ2n) is 10.4. The average Bonchev–Trinajstić information content (AvgIpc) is 3.63. The normalized spacial score (nSPS) is 19.1. The molecule has 4 aromatic rings. The van der Waals surface area contributed by atoms with Crippen LogP contribution in [0, 0.1) is 11.3 Å². The lowest BCUT2D eigenvalue weighted by Crippen LogP contribution is -2.45. The summed E-state index contributed by atoms with van der Waals surface area (Å²) in [6, 6.07) is 14.4. The van der Waals surface area contributed by atoms with Crippen molar-refractivity contribution in [3.63, 3.8) is 0 Å². The lowest BCUT2D eigenvalue weighted by Gasteiger charge is -2.37. The summed E-state index contributed by atoms with van der Waals surface area (Å²) in [6.07, 6.45) is 3.67. The lowest BCUT2D eigenvalue weighted by molar-refractivity contribution is 0.0574. The molecule has 3 atom stereocenters. The minimum Gasteiger partial charge on any atom is -0.331 e. The third-order valence-electron chi connectivity index (χ3n) is 7.90. The molecule has 202 valence electrons. The molecule has 40 heavy (non-hydrogen) atoms. The number of hydrogen-bond acceptors (Lipinski definition) is 6. The summed E-state index contributed by atoms with van der Waals surface area (Å²) in [6.45, 7) is 6.86. The molecule has 0 saturated carbocycles. The maximum absolute atomic E-state index is 14.0. The van der Waals surface area contributed by atoms with Crippen molar-refractivity contribution in [2.24, 2.45) is 0 Å². The molecule has 2 aliphatic heterocycles. The lowest BCUT2D eigenvalue weighted by atomic mass is 9.96. The van der Waals surface area contributed by atoms with Gasteiger partial charge in [-0.25, -0.2) is 9.67 Å². The molecule has 0 fully saturated rings. The molecule has 11 heteroatoms. The van der Waals surface area contributed by atoms with E-state index < -0.39 is 0 Å². The van der Waals surface area contributed by atoms with Crippen LogP contribution < -0.4 is 0 Å². The highest BCUT2D eigenvalue weighted by atomic mass is 35.5. The summed E-state index contributed by atoms with van der Waals surface area (Å²) >= 11 is 6.08. The molecule has 2 aromatic carbocycles. The molecule has 0 unspecified atom stereocenters. The SMILES string of the molecule is C[C@@H]1Cc2nn3c(c2CN1C(=O)c1ccc(Cl)c(C#N)c1)C(=O)N([C@@H](C)c1ccc(-n2cncn2)cc1)C[C@H]3C. The number of fused-ring (bicyclic) bond motifs is 3. The van der Waals surface area contributed by atoms with E-state index in [1.54, 1.807) is 28.0 Å². The van der Waals surface area contributed by atoms with Gasteiger partial charge in [0.25, 0.3) is 11.8 Å². The van der Waals surface area contributed by atoms with Crippen molar-refractivity contribution in [2.75, 3.05) is 6.54 Å². The number of halogens is 1. The van der Waals surface area contributed by atoms with Crippen LogP contribution in [-0.4, -0.2) is 58.7 Å². The molecule has 4 heterocycles. The maximum atomic E-state index is 14.0. The molecule has 2 amide bonds. The van der Waals surface area contributed by atoms with Crippen LogP contribution >= 0.6 is 11.6 Å². The van der Waals surface area contributed by atoms with Crippen LogP contribution in [0.4, 0.5) is 0 Å². The van der Waals surface area contributed by atoms with Crippen molar-refractivity contribution in [3.05, 3.63) is 93.8 Å². The monoisotopic (exact) mass is 554 g/mol. The largest absolute Gasteiger partial charge is 0.331 e. The van der Waals surface area contributed by atoms with Crippen molar-refractivity contribution in [3.8, 4) is 11.8 Å². The summed E-state index contributed by atoms with van der Waals surface area (Å²) in [4.78, 5) is 35.2. The third kappa shape index (κ3) is 4.23. The summed E-state index contributed by atoms with van der Waals surface area (Å²) in [5.74, 6) is -0.305. The van der Waals surface area contributed by atoms with Crippen molar-refractivity contribution in [1.82, 2.24) is 34.3 Å². The van der Waals surface area contributed by atoms with E-state index >= 15 is 0 Å². The smallest absolute Gasteiger partial charge is 0.273 e. The molecular formula is C29H27ClN8O2. The molecule has 2 aromatic heterocycles. The van der Waals surface area contributed by atoms with E-state index in [9.17, 15) is 14.9 Å². The van der Waals surface area contributed by atoms with E-state index in [-0.39, 0.29) is 42.0 Å². The number of rotatable bonds is 4. The average molecular weight is 555 g/mol. The third-order valence-corrected chi connectivity index (χ3v) is 8.23. The Hall–Kier alpha value is -4.49. The fourth-order valence-electron chi connectivity index (χ4n) is 5.63. The Kier molecular flexibility index (Phi) is 6.39. The molecule has 0 bridgehead atoms. The maximum Gasteiger partial charge on any atom is 0.273 e. The van der Waals surface area contributed by atoms with Crippen LogP contribution in [0.15, 0.2) is 55.1 Å². The number of carbonyl (C=O) groups excluding carboxylic acids is 2. The van der Waals surface area contributed by atoms with Crippen LogP contribution in [0.5, 0.6) is 0 Å². The first kappa shape index (κ1) is 25.8. The minimum absolute atomic E-state index is 0.0240. The Morgan fingerprint density at radius 3 is 2.62 bits per heavy atom. The summed E-state index contributed by atoms with van der Waals surface area (Å²) in [7, 11) is 0. The van der Waals surface area contributed by atoms with Gasteiger partial charge in [0.15, 0.2) is 0 Å². The Morgan fingerprint density at radius 1 is 1.15 bits per heavy atom. The van der Waals surface area contributed by atoms with Gasteiger partial charge in [-0.2, -0.15) is 15.5 Å². The number of nitrogens with zero attached hydrogens (tertiary/aromatic N) is 8. The van der Waals surface area contributed by atoms with Crippen molar-refractivity contribution in [2.45, 2.75) is 51.9 Å². The first-order valence-corrected chi connectivity index (χ1v) is 13.5. The van der Waals surface area contributed by atoms with E-state index in [4.69, 9.17) is 16.7 Å². The molecule has 0 aliphatic carbocycles. The highest BCUT2D eigenvalue weighted by molar-refractivity contribution is 6.31. The molecule has 0 spiro atoms. The van der Waals surface area contributed by atoms with Gasteiger partial charge in [0, 0.05) is 30.1 Å². The molecule has 0 N–H and O–H groups in total. The number of hydrogen-bond donors (Lipinski definition) is 0. The molecule has 6 rings (SSSR count). The zero-order valence-electron chi connectivity index (χ0n) is 22.3. The quantitative estimate of drug-likeness (QED) is 0.370. The van der Waals surface area contributed by atoms with Gasteiger partial charge in [0.05, 0.1) is 40.6 Å². The molecule has 2 aliphatic rings. The number of carbonyl (C=O) groups is 2. The fourth-order valence-corrected chi connectivity index (χ4v) is 5.79.